The maximum Gasteiger partial charge on any atom is 0.331 e. The molecule has 0 bridgehead atoms. The molecule has 0 radical (unpaired) electrons. The van der Waals surface area contributed by atoms with Crippen molar-refractivity contribution in [3.63, 3.8) is 0 Å². The van der Waals surface area contributed by atoms with Crippen molar-refractivity contribution in [1.29, 1.82) is 0 Å². The number of ether oxygens (including phenoxy) is 1. The van der Waals surface area contributed by atoms with Gasteiger partial charge in [-0.25, -0.2) is 4.79 Å². The first-order valence-electron chi connectivity index (χ1n) is 7.03. The minimum absolute atomic E-state index is 0.289. The van der Waals surface area contributed by atoms with E-state index < -0.39 is 5.97 Å². The number of carbonyl (C=O) groups is 2. The highest BCUT2D eigenvalue weighted by Gasteiger charge is 2.04. The molecule has 1 aromatic heterocycles. The van der Waals surface area contributed by atoms with Gasteiger partial charge in [-0.2, -0.15) is 0 Å². The van der Waals surface area contributed by atoms with Crippen molar-refractivity contribution < 1.29 is 14.3 Å². The number of hydrogen-bond acceptors (Lipinski definition) is 4. The first-order valence-corrected chi connectivity index (χ1v) is 8.29. The highest BCUT2D eigenvalue weighted by atomic mass is 35.5. The quantitative estimate of drug-likeness (QED) is 0.616. The van der Waals surface area contributed by atoms with Crippen molar-refractivity contribution in [2.75, 3.05) is 13.2 Å². The minimum atomic E-state index is -0.571. The number of rotatable bonds is 7. The molecule has 1 heterocycles. The number of thiophene rings is 1. The lowest BCUT2D eigenvalue weighted by molar-refractivity contribution is -0.143. The number of amides is 1. The summed E-state index contributed by atoms with van der Waals surface area (Å²) in [5.74, 6) is -0.885. The van der Waals surface area contributed by atoms with E-state index in [1.807, 2.05) is 23.6 Å². The molecule has 0 spiro atoms. The third-order valence-corrected chi connectivity index (χ3v) is 4.05. The Morgan fingerprint density at radius 3 is 2.87 bits per heavy atom. The molecule has 0 aliphatic carbocycles. The molecule has 2 rings (SSSR count). The monoisotopic (exact) mass is 349 g/mol. The van der Waals surface area contributed by atoms with Crippen molar-refractivity contribution in [2.45, 2.75) is 6.42 Å². The fraction of sp³-hybridized carbons (Fsp3) is 0.176. The Morgan fingerprint density at radius 1 is 1.26 bits per heavy atom. The SMILES string of the molecule is O=C(COC(=O)/C=C/c1cccc(Cl)c1)NCCc1cccs1. The van der Waals surface area contributed by atoms with Gasteiger partial charge in [0.1, 0.15) is 0 Å². The first kappa shape index (κ1) is 17.2. The van der Waals surface area contributed by atoms with E-state index in [1.54, 1.807) is 35.6 Å². The molecular formula is C17H16ClNO3S. The standard InChI is InChI=1S/C17H16ClNO3S/c18-14-4-1-3-13(11-14)6-7-17(21)22-12-16(20)19-9-8-15-5-2-10-23-15/h1-7,10-11H,8-9,12H2,(H,19,20)/b7-6+. The molecule has 1 N–H and O–H groups in total. The minimum Gasteiger partial charge on any atom is -0.452 e. The summed E-state index contributed by atoms with van der Waals surface area (Å²) in [6, 6.07) is 11.1. The fourth-order valence-electron chi connectivity index (χ4n) is 1.79. The second-order valence-electron chi connectivity index (χ2n) is 4.68. The number of hydrogen-bond donors (Lipinski definition) is 1. The normalized spacial score (nSPS) is 10.7. The van der Waals surface area contributed by atoms with E-state index in [1.165, 1.54) is 11.0 Å². The number of esters is 1. The largest absolute Gasteiger partial charge is 0.452 e. The molecule has 0 atom stereocenters. The summed E-state index contributed by atoms with van der Waals surface area (Å²) < 4.78 is 4.88. The Hall–Kier alpha value is -2.11. The first-order chi connectivity index (χ1) is 11.1. The van der Waals surface area contributed by atoms with E-state index in [9.17, 15) is 9.59 Å². The molecule has 1 aromatic carbocycles. The number of benzene rings is 1. The lowest BCUT2D eigenvalue weighted by Crippen LogP contribution is -2.30. The van der Waals surface area contributed by atoms with Gasteiger partial charge in [0.25, 0.3) is 5.91 Å². The van der Waals surface area contributed by atoms with Gasteiger partial charge >= 0.3 is 5.97 Å². The van der Waals surface area contributed by atoms with Crippen LogP contribution in [0.4, 0.5) is 0 Å². The zero-order valence-corrected chi connectivity index (χ0v) is 13.9. The van der Waals surface area contributed by atoms with Gasteiger partial charge < -0.3 is 10.1 Å². The Labute approximate surface area is 143 Å². The number of nitrogens with one attached hydrogen (secondary N) is 1. The van der Waals surface area contributed by atoms with Gasteiger partial charge in [-0.3, -0.25) is 4.79 Å². The zero-order valence-electron chi connectivity index (χ0n) is 12.3. The summed E-state index contributed by atoms with van der Waals surface area (Å²) in [5.41, 5.74) is 0.787. The third-order valence-electron chi connectivity index (χ3n) is 2.88. The van der Waals surface area contributed by atoms with E-state index in [4.69, 9.17) is 16.3 Å². The fourth-order valence-corrected chi connectivity index (χ4v) is 2.70. The van der Waals surface area contributed by atoms with Crippen LogP contribution in [0.25, 0.3) is 6.08 Å². The van der Waals surface area contributed by atoms with Crippen LogP contribution in [0.2, 0.25) is 5.02 Å². The molecule has 4 nitrogen and oxygen atoms in total. The maximum absolute atomic E-state index is 11.6. The van der Waals surface area contributed by atoms with E-state index in [0.717, 1.165) is 12.0 Å². The average Bonchev–Trinajstić information content (AvgIpc) is 3.04. The van der Waals surface area contributed by atoms with E-state index in [-0.39, 0.29) is 12.5 Å². The van der Waals surface area contributed by atoms with Crippen LogP contribution < -0.4 is 5.32 Å². The molecule has 2 aromatic rings. The van der Waals surface area contributed by atoms with Crippen molar-refractivity contribution in [3.05, 3.63) is 63.3 Å². The van der Waals surface area contributed by atoms with Crippen LogP contribution >= 0.6 is 22.9 Å². The van der Waals surface area contributed by atoms with Crippen molar-refractivity contribution in [2.24, 2.45) is 0 Å². The molecule has 1 amide bonds. The predicted molar refractivity (Wildman–Crippen MR) is 92.5 cm³/mol. The molecule has 0 saturated heterocycles. The van der Waals surface area contributed by atoms with Gasteiger partial charge in [-0.05, 0) is 41.6 Å². The van der Waals surface area contributed by atoms with E-state index in [0.29, 0.717) is 11.6 Å². The second-order valence-corrected chi connectivity index (χ2v) is 6.14. The summed E-state index contributed by atoms with van der Waals surface area (Å²) in [6.45, 7) is 0.235. The van der Waals surface area contributed by atoms with Crippen LogP contribution in [0.1, 0.15) is 10.4 Å². The molecule has 0 aliphatic heterocycles. The topological polar surface area (TPSA) is 55.4 Å². The molecule has 120 valence electrons. The van der Waals surface area contributed by atoms with Crippen LogP contribution in [0.15, 0.2) is 47.9 Å². The molecule has 0 unspecified atom stereocenters. The Morgan fingerprint density at radius 2 is 2.13 bits per heavy atom. The summed E-state index contributed by atoms with van der Waals surface area (Å²) >= 11 is 7.49. The average molecular weight is 350 g/mol. The summed E-state index contributed by atoms with van der Waals surface area (Å²) in [6.07, 6.45) is 3.62. The van der Waals surface area contributed by atoms with Gasteiger partial charge in [0.15, 0.2) is 6.61 Å². The van der Waals surface area contributed by atoms with Crippen LogP contribution in [-0.4, -0.2) is 25.0 Å². The van der Waals surface area contributed by atoms with Gasteiger partial charge in [-0.15, -0.1) is 11.3 Å². The van der Waals surface area contributed by atoms with Crippen LogP contribution in [0.3, 0.4) is 0 Å². The van der Waals surface area contributed by atoms with Crippen LogP contribution in [-0.2, 0) is 20.7 Å². The molecule has 6 heteroatoms. The predicted octanol–water partition coefficient (Wildman–Crippen LogP) is 3.32. The second kappa shape index (κ2) is 9.12. The molecule has 0 aliphatic rings. The summed E-state index contributed by atoms with van der Waals surface area (Å²) in [4.78, 5) is 24.3. The van der Waals surface area contributed by atoms with Crippen LogP contribution in [0, 0.1) is 0 Å². The molecular weight excluding hydrogens is 334 g/mol. The molecule has 23 heavy (non-hydrogen) atoms. The number of carbonyl (C=O) groups excluding carboxylic acids is 2. The Balaban J connectivity index is 1.66. The van der Waals surface area contributed by atoms with Gasteiger partial charge in [0, 0.05) is 22.5 Å². The smallest absolute Gasteiger partial charge is 0.331 e. The Kier molecular flexibility index (Phi) is 6.84. The van der Waals surface area contributed by atoms with Gasteiger partial charge in [-0.1, -0.05) is 29.8 Å². The van der Waals surface area contributed by atoms with Crippen LogP contribution in [0.5, 0.6) is 0 Å². The van der Waals surface area contributed by atoms with Crippen molar-refractivity contribution in [3.8, 4) is 0 Å². The van der Waals surface area contributed by atoms with Gasteiger partial charge in [0.05, 0.1) is 0 Å². The number of halogens is 1. The Bertz CT molecular complexity index is 683. The van der Waals surface area contributed by atoms with E-state index >= 15 is 0 Å². The lowest BCUT2D eigenvalue weighted by Gasteiger charge is -2.04. The summed E-state index contributed by atoms with van der Waals surface area (Å²) in [7, 11) is 0. The van der Waals surface area contributed by atoms with Crippen molar-refractivity contribution in [1.82, 2.24) is 5.32 Å². The van der Waals surface area contributed by atoms with Crippen molar-refractivity contribution >= 4 is 40.9 Å². The zero-order chi connectivity index (χ0) is 16.5. The highest BCUT2D eigenvalue weighted by Crippen LogP contribution is 2.11. The summed E-state index contributed by atoms with van der Waals surface area (Å²) in [5, 5.41) is 5.29. The third kappa shape index (κ3) is 6.67. The van der Waals surface area contributed by atoms with Gasteiger partial charge in [0.2, 0.25) is 0 Å². The lowest BCUT2D eigenvalue weighted by atomic mass is 10.2. The molecule has 0 saturated carbocycles. The molecule has 0 fully saturated rings. The maximum atomic E-state index is 11.6. The van der Waals surface area contributed by atoms with E-state index in [2.05, 4.69) is 5.32 Å². The highest BCUT2D eigenvalue weighted by molar-refractivity contribution is 7.09.